The number of hydrogen-bond acceptors (Lipinski definition) is 5. The van der Waals surface area contributed by atoms with Crippen LogP contribution in [0.15, 0.2) is 22.5 Å². The summed E-state index contributed by atoms with van der Waals surface area (Å²) in [5.41, 5.74) is 1.12. The second kappa shape index (κ2) is 6.36. The zero-order chi connectivity index (χ0) is 18.4. The predicted octanol–water partition coefficient (Wildman–Crippen LogP) is 4.66. The molecule has 5 nitrogen and oxygen atoms in total. The summed E-state index contributed by atoms with van der Waals surface area (Å²) in [6.45, 7) is 7.61. The molecule has 1 aromatic heterocycles. The van der Waals surface area contributed by atoms with E-state index in [-0.39, 0.29) is 29.8 Å². The van der Waals surface area contributed by atoms with Gasteiger partial charge in [-0.25, -0.2) is 0 Å². The molecule has 0 spiro atoms. The van der Waals surface area contributed by atoms with Gasteiger partial charge in [-0.3, -0.25) is 9.59 Å². The minimum absolute atomic E-state index is 0.00808. The molecule has 1 aromatic rings. The smallest absolute Gasteiger partial charge is 0.310 e. The van der Waals surface area contributed by atoms with Gasteiger partial charge in [0.05, 0.1) is 18.4 Å². The lowest BCUT2D eigenvalue weighted by Gasteiger charge is -2.51. The van der Waals surface area contributed by atoms with Crippen molar-refractivity contribution in [2.24, 2.45) is 17.3 Å². The standard InChI is InChI=1S/C20H26O5/c1-11-10-24-18-16(11)19(25-15(22)9-8-13(3)21)20(4)12(2)6-5-7-14(20)17(18)23/h8,10,12,14,19,21H,5-7,9H2,1-4H3/t12-,14-,19+,20+/m0/s1. The Hall–Kier alpha value is -2.04. The number of rotatable bonds is 3. The molecule has 136 valence electrons. The molecule has 1 saturated carbocycles. The van der Waals surface area contributed by atoms with E-state index in [9.17, 15) is 14.7 Å². The third kappa shape index (κ3) is 2.79. The van der Waals surface area contributed by atoms with Gasteiger partial charge in [0, 0.05) is 16.9 Å². The number of aliphatic hydroxyl groups is 1. The minimum Gasteiger partial charge on any atom is -0.513 e. The molecular weight excluding hydrogens is 320 g/mol. The molecule has 2 aliphatic rings. The summed E-state index contributed by atoms with van der Waals surface area (Å²) in [4.78, 5) is 25.4. The van der Waals surface area contributed by atoms with Crippen molar-refractivity contribution in [2.75, 3.05) is 0 Å². The fraction of sp³-hybridized carbons (Fsp3) is 0.600. The highest BCUT2D eigenvalue weighted by molar-refractivity contribution is 5.99. The third-order valence-electron chi connectivity index (χ3n) is 6.15. The van der Waals surface area contributed by atoms with Gasteiger partial charge >= 0.3 is 5.97 Å². The fourth-order valence-corrected chi connectivity index (χ4v) is 4.48. The van der Waals surface area contributed by atoms with Gasteiger partial charge in [-0.05, 0) is 44.2 Å². The lowest BCUT2D eigenvalue weighted by atomic mass is 9.54. The average molecular weight is 346 g/mol. The summed E-state index contributed by atoms with van der Waals surface area (Å²) < 4.78 is 11.4. The molecule has 1 N–H and O–H groups in total. The van der Waals surface area contributed by atoms with E-state index in [4.69, 9.17) is 9.15 Å². The van der Waals surface area contributed by atoms with Crippen LogP contribution in [0.3, 0.4) is 0 Å². The Balaban J connectivity index is 2.03. The van der Waals surface area contributed by atoms with Crippen LogP contribution in [0.4, 0.5) is 0 Å². The Morgan fingerprint density at radius 1 is 1.48 bits per heavy atom. The van der Waals surface area contributed by atoms with Crippen molar-refractivity contribution in [3.63, 3.8) is 0 Å². The quantitative estimate of drug-likeness (QED) is 0.636. The van der Waals surface area contributed by atoms with Gasteiger partial charge in [-0.15, -0.1) is 0 Å². The van der Waals surface area contributed by atoms with E-state index >= 15 is 0 Å². The molecule has 25 heavy (non-hydrogen) atoms. The first-order chi connectivity index (χ1) is 11.8. The first-order valence-electron chi connectivity index (χ1n) is 8.94. The molecule has 0 aromatic carbocycles. The molecule has 0 saturated heterocycles. The number of carbonyl (C=O) groups is 2. The van der Waals surface area contributed by atoms with Gasteiger partial charge in [0.15, 0.2) is 5.76 Å². The highest BCUT2D eigenvalue weighted by atomic mass is 16.5. The van der Waals surface area contributed by atoms with Crippen LogP contribution >= 0.6 is 0 Å². The SMILES string of the molecule is CC(O)=CCC(=O)O[C@@H]1c2c(C)coc2C(=O)[C@@H]2CCC[C@H](C)[C@@]12C. The van der Waals surface area contributed by atoms with Crippen LogP contribution in [0, 0.1) is 24.2 Å². The van der Waals surface area contributed by atoms with Crippen molar-refractivity contribution in [3.8, 4) is 0 Å². The molecule has 0 amide bonds. The highest BCUT2D eigenvalue weighted by Crippen LogP contribution is 2.59. The lowest BCUT2D eigenvalue weighted by molar-refractivity contribution is -0.165. The van der Waals surface area contributed by atoms with E-state index in [2.05, 4.69) is 13.8 Å². The molecule has 0 aliphatic heterocycles. The van der Waals surface area contributed by atoms with Crippen LogP contribution in [0.25, 0.3) is 0 Å². The molecule has 3 rings (SSSR count). The Labute approximate surface area is 148 Å². The normalized spacial score (nSPS) is 32.1. The van der Waals surface area contributed by atoms with E-state index < -0.39 is 17.5 Å². The average Bonchev–Trinajstić information content (AvgIpc) is 2.93. The van der Waals surface area contributed by atoms with E-state index in [0.717, 1.165) is 30.4 Å². The molecule has 0 radical (unpaired) electrons. The second-order valence-corrected chi connectivity index (χ2v) is 7.70. The minimum atomic E-state index is -0.501. The van der Waals surface area contributed by atoms with Crippen LogP contribution in [-0.4, -0.2) is 16.9 Å². The van der Waals surface area contributed by atoms with Crippen LogP contribution in [0.1, 0.15) is 74.2 Å². The van der Waals surface area contributed by atoms with Crippen LogP contribution in [0.2, 0.25) is 0 Å². The Bertz CT molecular complexity index is 724. The maximum atomic E-state index is 13.0. The number of aliphatic hydroxyl groups excluding tert-OH is 1. The van der Waals surface area contributed by atoms with Crippen molar-refractivity contribution >= 4 is 11.8 Å². The van der Waals surface area contributed by atoms with Gasteiger partial charge < -0.3 is 14.3 Å². The number of ketones is 1. The molecule has 5 heteroatoms. The molecule has 2 aliphatic carbocycles. The van der Waals surface area contributed by atoms with Crippen molar-refractivity contribution in [1.82, 2.24) is 0 Å². The number of hydrogen-bond donors (Lipinski definition) is 1. The summed E-state index contributed by atoms with van der Waals surface area (Å²) in [7, 11) is 0. The van der Waals surface area contributed by atoms with E-state index in [1.165, 1.54) is 13.0 Å². The number of fused-ring (bicyclic) bond motifs is 2. The first kappa shape index (κ1) is 17.8. The summed E-state index contributed by atoms with van der Waals surface area (Å²) >= 11 is 0. The Morgan fingerprint density at radius 2 is 2.20 bits per heavy atom. The van der Waals surface area contributed by atoms with Crippen molar-refractivity contribution < 1.29 is 23.8 Å². The Morgan fingerprint density at radius 3 is 2.88 bits per heavy atom. The largest absolute Gasteiger partial charge is 0.513 e. The van der Waals surface area contributed by atoms with Crippen LogP contribution in [0.5, 0.6) is 0 Å². The monoisotopic (exact) mass is 346 g/mol. The number of aryl methyl sites for hydroxylation is 1. The number of Topliss-reactive ketones (excluding diaryl/α,β-unsaturated/α-hetero) is 1. The summed E-state index contributed by atoms with van der Waals surface area (Å²) in [5, 5.41) is 9.28. The number of carbonyl (C=O) groups excluding carboxylic acids is 2. The van der Waals surface area contributed by atoms with Gasteiger partial charge in [0.2, 0.25) is 5.78 Å². The fourth-order valence-electron chi connectivity index (χ4n) is 4.48. The van der Waals surface area contributed by atoms with Gasteiger partial charge in [0.25, 0.3) is 0 Å². The number of esters is 1. The number of furan rings is 1. The van der Waals surface area contributed by atoms with Crippen LogP contribution < -0.4 is 0 Å². The highest BCUT2D eigenvalue weighted by Gasteiger charge is 2.58. The topological polar surface area (TPSA) is 76.7 Å². The van der Waals surface area contributed by atoms with Crippen LogP contribution in [-0.2, 0) is 9.53 Å². The van der Waals surface area contributed by atoms with Crippen molar-refractivity contribution in [3.05, 3.63) is 35.0 Å². The summed E-state index contributed by atoms with van der Waals surface area (Å²) in [6.07, 6.45) is 5.32. The van der Waals surface area contributed by atoms with E-state index in [0.29, 0.717) is 5.76 Å². The summed E-state index contributed by atoms with van der Waals surface area (Å²) in [6, 6.07) is 0. The zero-order valence-corrected chi connectivity index (χ0v) is 15.3. The molecule has 4 atom stereocenters. The van der Waals surface area contributed by atoms with E-state index in [1.807, 2.05) is 6.92 Å². The van der Waals surface area contributed by atoms with Gasteiger partial charge in [0.1, 0.15) is 6.10 Å². The third-order valence-corrected chi connectivity index (χ3v) is 6.15. The predicted molar refractivity (Wildman–Crippen MR) is 92.2 cm³/mol. The number of ether oxygens (including phenoxy) is 1. The van der Waals surface area contributed by atoms with Gasteiger partial charge in [-0.2, -0.15) is 0 Å². The molecule has 1 fully saturated rings. The zero-order valence-electron chi connectivity index (χ0n) is 15.3. The first-order valence-corrected chi connectivity index (χ1v) is 8.94. The van der Waals surface area contributed by atoms with Crippen molar-refractivity contribution in [1.29, 1.82) is 0 Å². The maximum Gasteiger partial charge on any atom is 0.310 e. The molecule has 0 unspecified atom stereocenters. The Kier molecular flexibility index (Phi) is 4.52. The number of allylic oxidation sites excluding steroid dienone is 1. The lowest BCUT2D eigenvalue weighted by Crippen LogP contribution is -2.50. The second-order valence-electron chi connectivity index (χ2n) is 7.70. The van der Waals surface area contributed by atoms with E-state index in [1.54, 1.807) is 6.26 Å². The summed E-state index contributed by atoms with van der Waals surface area (Å²) in [5.74, 6) is 0.132. The van der Waals surface area contributed by atoms with Crippen molar-refractivity contribution in [2.45, 2.75) is 59.5 Å². The molecule has 1 heterocycles. The van der Waals surface area contributed by atoms with Gasteiger partial charge in [-0.1, -0.05) is 20.3 Å². The molecular formula is C20H26O5. The maximum absolute atomic E-state index is 13.0. The molecule has 0 bridgehead atoms.